The van der Waals surface area contributed by atoms with Crippen LogP contribution in [0.4, 0.5) is 43.4 Å². The van der Waals surface area contributed by atoms with Crippen LogP contribution in [0, 0.1) is 0 Å². The van der Waals surface area contributed by atoms with E-state index < -0.39 is 23.5 Å². The lowest BCUT2D eigenvalue weighted by Crippen LogP contribution is -2.15. The van der Waals surface area contributed by atoms with Crippen molar-refractivity contribution in [2.45, 2.75) is 12.4 Å². The molecular weight excluding hydrogens is 528 g/mol. The van der Waals surface area contributed by atoms with E-state index in [9.17, 15) is 26.3 Å². The second kappa shape index (κ2) is 8.02. The van der Waals surface area contributed by atoms with Gasteiger partial charge in [-0.1, -0.05) is 31.9 Å². The Hall–Kier alpha value is -2.00. The molecule has 0 aliphatic heterocycles. The van der Waals surface area contributed by atoms with E-state index in [0.717, 1.165) is 8.95 Å². The van der Waals surface area contributed by atoms with Crippen molar-refractivity contribution in [3.8, 4) is 0 Å². The van der Waals surface area contributed by atoms with Crippen LogP contribution in [0.3, 0.4) is 0 Å². The molecule has 0 spiro atoms. The number of hydrogen-bond donors (Lipinski definition) is 0. The summed E-state index contributed by atoms with van der Waals surface area (Å²) in [5.41, 5.74) is -2.19. The van der Waals surface area contributed by atoms with Gasteiger partial charge in [0, 0.05) is 26.0 Å². The largest absolute Gasteiger partial charge is 0.416 e. The highest BCUT2D eigenvalue weighted by molar-refractivity contribution is 9.10. The van der Waals surface area contributed by atoms with Gasteiger partial charge in [0.15, 0.2) is 0 Å². The first-order valence-electron chi connectivity index (χ1n) is 8.06. The summed E-state index contributed by atoms with van der Waals surface area (Å²) in [6.07, 6.45) is -9.86. The molecule has 9 heteroatoms. The highest BCUT2D eigenvalue weighted by Gasteiger charge is 2.37. The lowest BCUT2D eigenvalue weighted by molar-refractivity contribution is -0.143. The van der Waals surface area contributed by atoms with E-state index in [1.807, 2.05) is 0 Å². The van der Waals surface area contributed by atoms with E-state index in [1.54, 1.807) is 48.5 Å². The predicted molar refractivity (Wildman–Crippen MR) is 107 cm³/mol. The van der Waals surface area contributed by atoms with Crippen LogP contribution in [0.15, 0.2) is 75.7 Å². The van der Waals surface area contributed by atoms with Crippen LogP contribution >= 0.6 is 31.9 Å². The zero-order chi connectivity index (χ0) is 21.4. The SMILES string of the molecule is FC(F)(F)c1cc(N(c2ccc(Br)cc2)c2ccc(Br)cc2)cc(C(F)(F)F)c1. The van der Waals surface area contributed by atoms with E-state index in [4.69, 9.17) is 0 Å². The first kappa shape index (κ1) is 21.7. The van der Waals surface area contributed by atoms with Gasteiger partial charge in [0.25, 0.3) is 0 Å². The molecule has 0 bridgehead atoms. The molecule has 29 heavy (non-hydrogen) atoms. The molecule has 0 N–H and O–H groups in total. The van der Waals surface area contributed by atoms with Gasteiger partial charge < -0.3 is 4.90 Å². The van der Waals surface area contributed by atoms with Crippen molar-refractivity contribution in [2.24, 2.45) is 0 Å². The fourth-order valence-corrected chi connectivity index (χ4v) is 3.22. The Labute approximate surface area is 179 Å². The average molecular weight is 539 g/mol. The second-order valence-corrected chi connectivity index (χ2v) is 7.88. The standard InChI is InChI=1S/C20H11Br2F6N/c21-14-1-5-16(6-2-14)29(17-7-3-15(22)4-8-17)18-10-12(19(23,24)25)9-13(11-18)20(26,27)28/h1-11H. The van der Waals surface area contributed by atoms with Crippen LogP contribution in [-0.4, -0.2) is 0 Å². The van der Waals surface area contributed by atoms with Gasteiger partial charge in [-0.25, -0.2) is 0 Å². The van der Waals surface area contributed by atoms with E-state index in [-0.39, 0.29) is 11.8 Å². The zero-order valence-electron chi connectivity index (χ0n) is 14.3. The van der Waals surface area contributed by atoms with Crippen LogP contribution in [-0.2, 0) is 12.4 Å². The number of anilines is 3. The van der Waals surface area contributed by atoms with Crippen LogP contribution in [0.25, 0.3) is 0 Å². The number of hydrogen-bond acceptors (Lipinski definition) is 1. The Morgan fingerprint density at radius 3 is 1.17 bits per heavy atom. The van der Waals surface area contributed by atoms with Gasteiger partial charge >= 0.3 is 12.4 Å². The molecule has 3 aromatic carbocycles. The molecule has 0 aromatic heterocycles. The van der Waals surface area contributed by atoms with Crippen LogP contribution in [0.5, 0.6) is 0 Å². The Balaban J connectivity index is 2.27. The van der Waals surface area contributed by atoms with Crippen molar-refractivity contribution < 1.29 is 26.3 Å². The maximum Gasteiger partial charge on any atom is 0.416 e. The number of alkyl halides is 6. The molecule has 0 saturated heterocycles. The van der Waals surface area contributed by atoms with Gasteiger partial charge in [0.05, 0.1) is 11.1 Å². The van der Waals surface area contributed by atoms with Gasteiger partial charge in [-0.05, 0) is 66.7 Å². The molecular formula is C20H11Br2F6N. The van der Waals surface area contributed by atoms with Gasteiger partial charge in [-0.2, -0.15) is 26.3 Å². The third-order valence-electron chi connectivity index (χ3n) is 4.00. The fraction of sp³-hybridized carbons (Fsp3) is 0.100. The normalized spacial score (nSPS) is 12.1. The van der Waals surface area contributed by atoms with Crippen molar-refractivity contribution in [1.29, 1.82) is 0 Å². The number of rotatable bonds is 3. The topological polar surface area (TPSA) is 3.24 Å². The van der Waals surface area contributed by atoms with Crippen molar-refractivity contribution in [2.75, 3.05) is 4.90 Å². The lowest BCUT2D eigenvalue weighted by atomic mass is 10.1. The molecule has 1 nitrogen and oxygen atoms in total. The van der Waals surface area contributed by atoms with Gasteiger partial charge in [0.1, 0.15) is 0 Å². The third-order valence-corrected chi connectivity index (χ3v) is 5.06. The summed E-state index contributed by atoms with van der Waals surface area (Å²) < 4.78 is 81.3. The summed E-state index contributed by atoms with van der Waals surface area (Å²) in [6, 6.07) is 14.5. The van der Waals surface area contributed by atoms with Crippen molar-refractivity contribution in [3.63, 3.8) is 0 Å². The molecule has 152 valence electrons. The molecule has 0 radical (unpaired) electrons. The molecule has 0 saturated carbocycles. The number of benzene rings is 3. The number of nitrogens with zero attached hydrogens (tertiary/aromatic N) is 1. The van der Waals surface area contributed by atoms with Crippen LogP contribution in [0.2, 0.25) is 0 Å². The zero-order valence-corrected chi connectivity index (χ0v) is 17.5. The summed E-state index contributed by atoms with van der Waals surface area (Å²) >= 11 is 6.54. The molecule has 0 fully saturated rings. The quantitative estimate of drug-likeness (QED) is 0.301. The summed E-state index contributed by atoms with van der Waals surface area (Å²) in [6.45, 7) is 0. The molecule has 0 heterocycles. The summed E-state index contributed by atoms with van der Waals surface area (Å²) in [4.78, 5) is 1.34. The first-order valence-corrected chi connectivity index (χ1v) is 9.64. The van der Waals surface area contributed by atoms with Crippen LogP contribution in [0.1, 0.15) is 11.1 Å². The maximum absolute atomic E-state index is 13.3. The summed E-state index contributed by atoms with van der Waals surface area (Å²) in [7, 11) is 0. The molecule has 0 amide bonds. The van der Waals surface area contributed by atoms with E-state index in [1.165, 1.54) is 4.90 Å². The highest BCUT2D eigenvalue weighted by atomic mass is 79.9. The summed E-state index contributed by atoms with van der Waals surface area (Å²) in [5.74, 6) is 0. The van der Waals surface area contributed by atoms with Gasteiger partial charge in [0.2, 0.25) is 0 Å². The van der Waals surface area contributed by atoms with Gasteiger partial charge in [-0.3, -0.25) is 0 Å². The lowest BCUT2D eigenvalue weighted by Gasteiger charge is -2.27. The Kier molecular flexibility index (Phi) is 6.01. The van der Waals surface area contributed by atoms with Gasteiger partial charge in [-0.15, -0.1) is 0 Å². The van der Waals surface area contributed by atoms with E-state index in [0.29, 0.717) is 23.5 Å². The predicted octanol–water partition coefficient (Wildman–Crippen LogP) is 8.72. The maximum atomic E-state index is 13.3. The number of halogens is 8. The fourth-order valence-electron chi connectivity index (χ4n) is 2.70. The molecule has 0 atom stereocenters. The second-order valence-electron chi connectivity index (χ2n) is 6.05. The van der Waals surface area contributed by atoms with E-state index >= 15 is 0 Å². The van der Waals surface area contributed by atoms with E-state index in [2.05, 4.69) is 31.9 Å². The summed E-state index contributed by atoms with van der Waals surface area (Å²) in [5, 5.41) is 0. The first-order chi connectivity index (χ1) is 13.4. The average Bonchev–Trinajstić information content (AvgIpc) is 2.63. The Bertz CT molecular complexity index is 918. The van der Waals surface area contributed by atoms with Crippen molar-refractivity contribution in [3.05, 3.63) is 86.8 Å². The molecule has 0 unspecified atom stereocenters. The minimum atomic E-state index is -4.93. The monoisotopic (exact) mass is 537 g/mol. The van der Waals surface area contributed by atoms with Crippen LogP contribution < -0.4 is 4.90 Å². The minimum Gasteiger partial charge on any atom is -0.310 e. The molecule has 3 rings (SSSR count). The third kappa shape index (κ3) is 5.14. The van der Waals surface area contributed by atoms with Crippen molar-refractivity contribution >= 4 is 48.9 Å². The Morgan fingerprint density at radius 1 is 0.517 bits per heavy atom. The molecule has 0 aliphatic carbocycles. The minimum absolute atomic E-state index is 0.116. The highest BCUT2D eigenvalue weighted by Crippen LogP contribution is 2.42. The Morgan fingerprint density at radius 2 is 0.862 bits per heavy atom. The smallest absolute Gasteiger partial charge is 0.310 e. The van der Waals surface area contributed by atoms with Crippen molar-refractivity contribution in [1.82, 2.24) is 0 Å². The molecule has 0 aliphatic rings. The molecule has 3 aromatic rings.